The third kappa shape index (κ3) is 2.74. The molecule has 22 heavy (non-hydrogen) atoms. The maximum Gasteiger partial charge on any atom is 0.349 e. The zero-order valence-corrected chi connectivity index (χ0v) is 13.5. The van der Waals surface area contributed by atoms with Crippen LogP contribution in [0.2, 0.25) is 0 Å². The Morgan fingerprint density at radius 3 is 2.73 bits per heavy atom. The number of fused-ring (bicyclic) bond motifs is 1. The number of thiophene rings is 1. The molecular weight excluding hydrogens is 324 g/mol. The van der Waals surface area contributed by atoms with Crippen LogP contribution < -0.4 is 4.18 Å². The highest BCUT2D eigenvalue weighted by Crippen LogP contribution is 2.29. The second-order valence-corrected chi connectivity index (χ2v) is 7.36. The number of ether oxygens (including phenoxy) is 1. The van der Waals surface area contributed by atoms with E-state index in [0.717, 1.165) is 36.2 Å². The zero-order chi connectivity index (χ0) is 15.7. The highest BCUT2D eigenvalue weighted by molar-refractivity contribution is 7.87. The van der Waals surface area contributed by atoms with E-state index in [9.17, 15) is 13.2 Å². The number of aryl methyl sites for hydroxylation is 2. The monoisotopic (exact) mass is 338 g/mol. The molecule has 1 heterocycles. The largest absolute Gasteiger partial charge is 0.465 e. The van der Waals surface area contributed by atoms with Gasteiger partial charge in [-0.3, -0.25) is 0 Å². The van der Waals surface area contributed by atoms with Gasteiger partial charge in [-0.05, 0) is 54.0 Å². The molecule has 0 aliphatic heterocycles. The van der Waals surface area contributed by atoms with Gasteiger partial charge in [0.25, 0.3) is 0 Å². The standard InChI is InChI=1S/C15H14O5S2/c1-19-15(16)14-13(7-8-21-14)22(17,18)20-12-6-5-10-3-2-4-11(10)9-12/h5-9H,2-4H2,1H3. The SMILES string of the molecule is COC(=O)c1sccc1S(=O)(=O)Oc1ccc2c(c1)CCC2. The molecule has 1 aliphatic rings. The molecule has 0 unspecified atom stereocenters. The Hall–Kier alpha value is -1.86. The predicted molar refractivity (Wildman–Crippen MR) is 81.9 cm³/mol. The van der Waals surface area contributed by atoms with Gasteiger partial charge in [0.05, 0.1) is 7.11 Å². The van der Waals surface area contributed by atoms with Gasteiger partial charge >= 0.3 is 16.1 Å². The van der Waals surface area contributed by atoms with Crippen molar-refractivity contribution >= 4 is 27.4 Å². The molecule has 1 aromatic heterocycles. The van der Waals surface area contributed by atoms with Crippen molar-refractivity contribution in [3.63, 3.8) is 0 Å². The fourth-order valence-electron chi connectivity index (χ4n) is 2.51. The van der Waals surface area contributed by atoms with E-state index in [4.69, 9.17) is 4.18 Å². The van der Waals surface area contributed by atoms with E-state index in [2.05, 4.69) is 4.74 Å². The van der Waals surface area contributed by atoms with Crippen LogP contribution in [0.15, 0.2) is 34.5 Å². The lowest BCUT2D eigenvalue weighted by atomic mass is 10.1. The van der Waals surface area contributed by atoms with Crippen molar-refractivity contribution in [1.29, 1.82) is 0 Å². The third-order valence-electron chi connectivity index (χ3n) is 3.55. The summed E-state index contributed by atoms with van der Waals surface area (Å²) >= 11 is 1.01. The van der Waals surface area contributed by atoms with Crippen LogP contribution >= 0.6 is 11.3 Å². The van der Waals surface area contributed by atoms with Gasteiger partial charge in [0.15, 0.2) is 0 Å². The summed E-state index contributed by atoms with van der Waals surface area (Å²) in [6, 6.07) is 6.64. The van der Waals surface area contributed by atoms with Crippen LogP contribution in [-0.4, -0.2) is 21.5 Å². The smallest absolute Gasteiger partial charge is 0.349 e. The summed E-state index contributed by atoms with van der Waals surface area (Å²) < 4.78 is 34.5. The fraction of sp³-hybridized carbons (Fsp3) is 0.267. The van der Waals surface area contributed by atoms with Crippen LogP contribution in [0.25, 0.3) is 0 Å². The van der Waals surface area contributed by atoms with Crippen LogP contribution in [0.5, 0.6) is 5.75 Å². The molecule has 0 radical (unpaired) electrons. The summed E-state index contributed by atoms with van der Waals surface area (Å²) in [5.74, 6) is -0.422. The Bertz CT molecular complexity index is 820. The van der Waals surface area contributed by atoms with Gasteiger partial charge in [-0.25, -0.2) is 4.79 Å². The molecular formula is C15H14O5S2. The number of hydrogen-bond donors (Lipinski definition) is 0. The number of carbonyl (C=O) groups is 1. The molecule has 5 nitrogen and oxygen atoms in total. The first-order valence-electron chi connectivity index (χ1n) is 6.73. The zero-order valence-electron chi connectivity index (χ0n) is 11.9. The first-order valence-corrected chi connectivity index (χ1v) is 9.02. The lowest BCUT2D eigenvalue weighted by molar-refractivity contribution is 0.0602. The molecule has 2 aromatic rings. The van der Waals surface area contributed by atoms with Crippen LogP contribution in [0.4, 0.5) is 0 Å². The molecule has 0 atom stereocenters. The van der Waals surface area contributed by atoms with Crippen LogP contribution in [0, 0.1) is 0 Å². The highest BCUT2D eigenvalue weighted by atomic mass is 32.2. The quantitative estimate of drug-likeness (QED) is 0.633. The summed E-state index contributed by atoms with van der Waals surface area (Å²) in [7, 11) is -2.86. The summed E-state index contributed by atoms with van der Waals surface area (Å²) in [6.45, 7) is 0. The molecule has 0 saturated carbocycles. The van der Waals surface area contributed by atoms with Crippen molar-refractivity contribution in [2.45, 2.75) is 24.2 Å². The molecule has 3 rings (SSSR count). The van der Waals surface area contributed by atoms with E-state index in [1.165, 1.54) is 24.1 Å². The topological polar surface area (TPSA) is 69.7 Å². The maximum atomic E-state index is 12.4. The van der Waals surface area contributed by atoms with Gasteiger partial charge < -0.3 is 8.92 Å². The lowest BCUT2D eigenvalue weighted by Gasteiger charge is -2.08. The molecule has 1 aliphatic carbocycles. The van der Waals surface area contributed by atoms with Crippen LogP contribution in [0.3, 0.4) is 0 Å². The average Bonchev–Trinajstić information content (AvgIpc) is 3.14. The summed E-state index contributed by atoms with van der Waals surface area (Å²) in [5.41, 5.74) is 2.35. The van der Waals surface area contributed by atoms with Crippen LogP contribution in [0.1, 0.15) is 27.2 Å². The number of hydrogen-bond acceptors (Lipinski definition) is 6. The van der Waals surface area contributed by atoms with Gasteiger partial charge in [0.2, 0.25) is 0 Å². The molecule has 0 spiro atoms. The second kappa shape index (κ2) is 5.73. The predicted octanol–water partition coefficient (Wildman–Crippen LogP) is 2.79. The number of methoxy groups -OCH3 is 1. The normalized spacial score (nSPS) is 13.7. The van der Waals surface area contributed by atoms with E-state index >= 15 is 0 Å². The Morgan fingerprint density at radius 2 is 1.95 bits per heavy atom. The number of carbonyl (C=O) groups excluding carboxylic acids is 1. The van der Waals surface area contributed by atoms with E-state index in [1.807, 2.05) is 6.07 Å². The fourth-order valence-corrected chi connectivity index (χ4v) is 4.74. The van der Waals surface area contributed by atoms with E-state index in [-0.39, 0.29) is 15.5 Å². The van der Waals surface area contributed by atoms with Gasteiger partial charge in [0.1, 0.15) is 15.5 Å². The minimum absolute atomic E-state index is 0.0173. The molecule has 0 amide bonds. The molecule has 0 bridgehead atoms. The van der Waals surface area contributed by atoms with Crippen molar-refractivity contribution in [3.8, 4) is 5.75 Å². The maximum absolute atomic E-state index is 12.4. The third-order valence-corrected chi connectivity index (χ3v) is 5.86. The van der Waals surface area contributed by atoms with Crippen LogP contribution in [-0.2, 0) is 27.7 Å². The van der Waals surface area contributed by atoms with Crippen molar-refractivity contribution in [2.75, 3.05) is 7.11 Å². The lowest BCUT2D eigenvalue weighted by Crippen LogP contribution is -2.13. The Kier molecular flexibility index (Phi) is 3.92. The second-order valence-electron chi connectivity index (χ2n) is 4.93. The first-order chi connectivity index (χ1) is 10.5. The van der Waals surface area contributed by atoms with Crippen molar-refractivity contribution < 1.29 is 22.1 Å². The minimum atomic E-state index is -4.06. The Morgan fingerprint density at radius 1 is 1.18 bits per heavy atom. The molecule has 116 valence electrons. The van der Waals surface area contributed by atoms with E-state index in [1.54, 1.807) is 12.1 Å². The average molecular weight is 338 g/mol. The van der Waals surface area contributed by atoms with Gasteiger partial charge in [-0.1, -0.05) is 6.07 Å². The molecule has 0 saturated heterocycles. The minimum Gasteiger partial charge on any atom is -0.465 e. The van der Waals surface area contributed by atoms with E-state index in [0.29, 0.717) is 0 Å². The van der Waals surface area contributed by atoms with Gasteiger partial charge in [-0.15, -0.1) is 11.3 Å². The summed E-state index contributed by atoms with van der Waals surface area (Å²) in [4.78, 5) is 11.5. The van der Waals surface area contributed by atoms with Gasteiger partial charge in [0, 0.05) is 0 Å². The summed E-state index contributed by atoms with van der Waals surface area (Å²) in [6.07, 6.45) is 3.01. The number of esters is 1. The van der Waals surface area contributed by atoms with Crippen molar-refractivity contribution in [3.05, 3.63) is 45.6 Å². The molecule has 0 N–H and O–H groups in total. The van der Waals surface area contributed by atoms with Crippen molar-refractivity contribution in [2.24, 2.45) is 0 Å². The number of benzene rings is 1. The molecule has 0 fully saturated rings. The van der Waals surface area contributed by atoms with Gasteiger partial charge in [-0.2, -0.15) is 8.42 Å². The molecule has 7 heteroatoms. The summed E-state index contributed by atoms with van der Waals surface area (Å²) in [5, 5.41) is 1.52. The Labute approximate surface area is 132 Å². The highest BCUT2D eigenvalue weighted by Gasteiger charge is 2.27. The van der Waals surface area contributed by atoms with E-state index < -0.39 is 16.1 Å². The molecule has 1 aromatic carbocycles. The Balaban J connectivity index is 1.91. The first kappa shape index (κ1) is 15.1. The number of rotatable bonds is 4. The van der Waals surface area contributed by atoms with Crippen molar-refractivity contribution in [1.82, 2.24) is 0 Å².